The molecule has 10 heteroatoms. The van der Waals surface area contributed by atoms with Gasteiger partial charge in [-0.05, 0) is 41.1 Å². The van der Waals surface area contributed by atoms with Gasteiger partial charge in [0.25, 0.3) is 0 Å². The Morgan fingerprint density at radius 1 is 1.25 bits per heavy atom. The van der Waals surface area contributed by atoms with Crippen molar-refractivity contribution in [3.05, 3.63) is 69.5 Å². The fourth-order valence-electron chi connectivity index (χ4n) is 2.41. The van der Waals surface area contributed by atoms with Gasteiger partial charge in [-0.3, -0.25) is 4.79 Å². The number of carbonyl (C=O) groups excluding carboxylic acids is 1. The maximum atomic E-state index is 14.0. The lowest BCUT2D eigenvalue weighted by atomic mass is 10.2. The minimum absolute atomic E-state index is 0.126. The van der Waals surface area contributed by atoms with Crippen LogP contribution < -0.4 is 9.47 Å². The third-order valence-corrected chi connectivity index (χ3v) is 3.67. The van der Waals surface area contributed by atoms with Crippen molar-refractivity contribution in [3.63, 3.8) is 0 Å². The molecule has 144 valence electrons. The molecule has 0 atom stereocenters. The van der Waals surface area contributed by atoms with Crippen LogP contribution in [0.15, 0.2) is 42.5 Å². The van der Waals surface area contributed by atoms with E-state index < -0.39 is 16.7 Å². The molecule has 0 spiro atoms. The number of nitrogens with zero attached hydrogens (tertiary/aromatic N) is 4. The molecule has 0 radical (unpaired) electrons. The van der Waals surface area contributed by atoms with Crippen molar-refractivity contribution in [1.82, 2.24) is 14.8 Å². The number of hydrogen-bond donors (Lipinski definition) is 0. The Morgan fingerprint density at radius 3 is 2.71 bits per heavy atom. The monoisotopic (exact) mass is 386 g/mol. The van der Waals surface area contributed by atoms with Gasteiger partial charge in [-0.15, -0.1) is 4.68 Å². The zero-order valence-electron chi connectivity index (χ0n) is 14.7. The van der Waals surface area contributed by atoms with Crippen LogP contribution in [0.4, 0.5) is 10.3 Å². The Hall–Kier alpha value is -3.82. The molecule has 1 aromatic heterocycles. The molecule has 9 nitrogen and oxygen atoms in total. The molecule has 0 bridgehead atoms. The van der Waals surface area contributed by atoms with Crippen LogP contribution in [0.1, 0.15) is 22.8 Å². The second kappa shape index (κ2) is 8.25. The van der Waals surface area contributed by atoms with Gasteiger partial charge in [-0.1, -0.05) is 18.2 Å². The maximum Gasteiger partial charge on any atom is 0.494 e. The highest BCUT2D eigenvalue weighted by Gasteiger charge is 2.25. The Morgan fingerprint density at radius 2 is 2.04 bits per heavy atom. The Bertz CT molecular complexity index is 1020. The van der Waals surface area contributed by atoms with E-state index in [2.05, 4.69) is 10.1 Å². The highest BCUT2D eigenvalue weighted by atomic mass is 19.1. The van der Waals surface area contributed by atoms with E-state index in [9.17, 15) is 19.3 Å². The topological polar surface area (TPSA) is 109 Å². The number of ether oxygens (including phenoxy) is 2. The van der Waals surface area contributed by atoms with Crippen LogP contribution >= 0.6 is 0 Å². The van der Waals surface area contributed by atoms with Gasteiger partial charge in [-0.2, -0.15) is 0 Å². The van der Waals surface area contributed by atoms with Crippen LogP contribution in [-0.2, 0) is 6.54 Å². The highest BCUT2D eigenvalue weighted by molar-refractivity contribution is 5.76. The van der Waals surface area contributed by atoms with Crippen LogP contribution in [0.2, 0.25) is 0 Å². The van der Waals surface area contributed by atoms with E-state index in [1.54, 1.807) is 13.0 Å². The van der Waals surface area contributed by atoms with Gasteiger partial charge in [0, 0.05) is 16.2 Å². The SMILES string of the molecule is CCOc1cc(C=O)ccc1Oc1nc([N+](=O)[O-])nn1Cc1ccccc1F. The standard InChI is InChI=1S/C18H15FN4O5/c1-2-27-16-9-12(11-24)7-8-15(16)28-18-20-17(23(25)26)21-22(18)10-13-5-3-4-6-14(13)19/h3-9,11H,2,10H2,1H3. The summed E-state index contributed by atoms with van der Waals surface area (Å²) in [6.07, 6.45) is 0.651. The van der Waals surface area contributed by atoms with E-state index in [0.717, 1.165) is 4.68 Å². The Kier molecular flexibility index (Phi) is 5.58. The first kappa shape index (κ1) is 19.0. The summed E-state index contributed by atoms with van der Waals surface area (Å²) in [6, 6.07) is 10.2. The van der Waals surface area contributed by atoms with Crippen LogP contribution in [-0.4, -0.2) is 32.6 Å². The van der Waals surface area contributed by atoms with Crippen LogP contribution in [0.5, 0.6) is 17.5 Å². The summed E-state index contributed by atoms with van der Waals surface area (Å²) in [7, 11) is 0. The van der Waals surface area contributed by atoms with E-state index >= 15 is 0 Å². The van der Waals surface area contributed by atoms with Crippen molar-refractivity contribution >= 4 is 12.2 Å². The van der Waals surface area contributed by atoms with Gasteiger partial charge in [0.05, 0.1) is 13.2 Å². The summed E-state index contributed by atoms with van der Waals surface area (Å²) in [5.41, 5.74) is 0.628. The van der Waals surface area contributed by atoms with Gasteiger partial charge in [-0.25, -0.2) is 4.39 Å². The normalized spacial score (nSPS) is 10.5. The quantitative estimate of drug-likeness (QED) is 0.332. The first-order valence-electron chi connectivity index (χ1n) is 8.24. The summed E-state index contributed by atoms with van der Waals surface area (Å²) in [5.74, 6) is -0.731. The number of aromatic nitrogens is 3. The van der Waals surface area contributed by atoms with Gasteiger partial charge in [0.2, 0.25) is 0 Å². The molecular formula is C18H15FN4O5. The zero-order valence-corrected chi connectivity index (χ0v) is 14.7. The Balaban J connectivity index is 1.98. The number of nitro groups is 1. The second-order valence-corrected chi connectivity index (χ2v) is 5.56. The fraction of sp³-hybridized carbons (Fsp3) is 0.167. The first-order valence-corrected chi connectivity index (χ1v) is 8.24. The molecule has 0 fully saturated rings. The van der Waals surface area contributed by atoms with Gasteiger partial charge >= 0.3 is 12.0 Å². The number of halogens is 1. The smallest absolute Gasteiger partial charge is 0.490 e. The molecule has 0 amide bonds. The zero-order chi connectivity index (χ0) is 20.1. The van der Waals surface area contributed by atoms with Crippen LogP contribution in [0.3, 0.4) is 0 Å². The molecule has 0 saturated heterocycles. The summed E-state index contributed by atoms with van der Waals surface area (Å²) >= 11 is 0. The van der Waals surface area contributed by atoms with E-state index in [0.29, 0.717) is 18.5 Å². The van der Waals surface area contributed by atoms with Gasteiger partial charge < -0.3 is 19.6 Å². The largest absolute Gasteiger partial charge is 0.494 e. The van der Waals surface area contributed by atoms with E-state index in [1.165, 1.54) is 36.4 Å². The third-order valence-electron chi connectivity index (χ3n) is 3.67. The van der Waals surface area contributed by atoms with Crippen LogP contribution in [0.25, 0.3) is 0 Å². The predicted molar refractivity (Wildman–Crippen MR) is 95.3 cm³/mol. The van der Waals surface area contributed by atoms with Crippen molar-refractivity contribution in [2.75, 3.05) is 6.61 Å². The summed E-state index contributed by atoms with van der Waals surface area (Å²) in [6.45, 7) is 1.93. The molecule has 3 rings (SSSR count). The fourth-order valence-corrected chi connectivity index (χ4v) is 2.41. The molecule has 0 aliphatic heterocycles. The van der Waals surface area contributed by atoms with Crippen molar-refractivity contribution in [2.45, 2.75) is 13.5 Å². The van der Waals surface area contributed by atoms with Crippen molar-refractivity contribution in [1.29, 1.82) is 0 Å². The molecule has 1 heterocycles. The molecule has 0 N–H and O–H groups in total. The lowest BCUT2D eigenvalue weighted by molar-refractivity contribution is -0.394. The molecule has 0 unspecified atom stereocenters. The maximum absolute atomic E-state index is 14.0. The predicted octanol–water partition coefficient (Wildman–Crippen LogP) is 3.38. The summed E-state index contributed by atoms with van der Waals surface area (Å²) in [5, 5.41) is 14.8. The van der Waals surface area contributed by atoms with Crippen molar-refractivity contribution in [3.8, 4) is 17.5 Å². The van der Waals surface area contributed by atoms with Gasteiger partial charge in [0.15, 0.2) is 11.5 Å². The molecule has 2 aromatic carbocycles. The van der Waals surface area contributed by atoms with Crippen molar-refractivity contribution in [2.24, 2.45) is 0 Å². The summed E-state index contributed by atoms with van der Waals surface area (Å²) in [4.78, 5) is 25.0. The van der Waals surface area contributed by atoms with Crippen LogP contribution in [0, 0.1) is 15.9 Å². The second-order valence-electron chi connectivity index (χ2n) is 5.56. The third kappa shape index (κ3) is 4.11. The number of aldehydes is 1. The average molecular weight is 386 g/mol. The van der Waals surface area contributed by atoms with Crippen molar-refractivity contribution < 1.29 is 23.6 Å². The van der Waals surface area contributed by atoms with Gasteiger partial charge in [0.1, 0.15) is 12.1 Å². The number of hydrogen-bond acceptors (Lipinski definition) is 7. The number of rotatable bonds is 8. The van der Waals surface area contributed by atoms with E-state index in [4.69, 9.17) is 9.47 Å². The lowest BCUT2D eigenvalue weighted by Crippen LogP contribution is -2.07. The van der Waals surface area contributed by atoms with E-state index in [1.807, 2.05) is 0 Å². The lowest BCUT2D eigenvalue weighted by Gasteiger charge is -2.10. The minimum Gasteiger partial charge on any atom is -0.490 e. The Labute approximate surface area is 158 Å². The molecular weight excluding hydrogens is 371 g/mol. The molecule has 3 aromatic rings. The summed E-state index contributed by atoms with van der Waals surface area (Å²) < 4.78 is 26.1. The van der Waals surface area contributed by atoms with E-state index in [-0.39, 0.29) is 29.6 Å². The molecule has 0 saturated carbocycles. The number of benzene rings is 2. The molecule has 0 aliphatic carbocycles. The highest BCUT2D eigenvalue weighted by Crippen LogP contribution is 2.32. The molecule has 28 heavy (non-hydrogen) atoms. The molecule has 0 aliphatic rings. The average Bonchev–Trinajstić information content (AvgIpc) is 3.08. The number of carbonyl (C=O) groups is 1. The minimum atomic E-state index is -0.774. The first-order chi connectivity index (χ1) is 13.5.